The van der Waals surface area contributed by atoms with Crippen LogP contribution in [0.2, 0.25) is 0 Å². The van der Waals surface area contributed by atoms with E-state index < -0.39 is 16.1 Å². The standard InChI is InChI=1S/C16H17N3O4S/c20-16(14-4-3-11-23-14)18-12-6-8-13(9-7-12)24(21,22)19-15-5-1-2-10-17-15/h1-2,5-10,14H,3-4,11H2,(H,17,19)(H,18,20)/t14-/m1/s1. The maximum atomic E-state index is 12.3. The van der Waals surface area contributed by atoms with Crippen molar-refractivity contribution in [3.05, 3.63) is 48.7 Å². The summed E-state index contributed by atoms with van der Waals surface area (Å²) in [4.78, 5) is 16.0. The fraction of sp³-hybridized carbons (Fsp3) is 0.250. The molecule has 2 N–H and O–H groups in total. The summed E-state index contributed by atoms with van der Waals surface area (Å²) >= 11 is 0. The van der Waals surface area contributed by atoms with Gasteiger partial charge in [-0.15, -0.1) is 0 Å². The predicted octanol–water partition coefficient (Wildman–Crippen LogP) is 2.00. The molecule has 2 heterocycles. The van der Waals surface area contributed by atoms with E-state index in [2.05, 4.69) is 15.0 Å². The van der Waals surface area contributed by atoms with Gasteiger partial charge < -0.3 is 10.1 Å². The summed E-state index contributed by atoms with van der Waals surface area (Å²) in [5.41, 5.74) is 0.521. The van der Waals surface area contributed by atoms with Crippen molar-refractivity contribution >= 4 is 27.4 Å². The largest absolute Gasteiger partial charge is 0.368 e. The van der Waals surface area contributed by atoms with Gasteiger partial charge in [-0.2, -0.15) is 0 Å². The van der Waals surface area contributed by atoms with Crippen LogP contribution in [0, 0.1) is 0 Å². The minimum Gasteiger partial charge on any atom is -0.368 e. The quantitative estimate of drug-likeness (QED) is 0.862. The summed E-state index contributed by atoms with van der Waals surface area (Å²) in [5.74, 6) is 0.0305. The van der Waals surface area contributed by atoms with Crippen LogP contribution in [-0.2, 0) is 19.6 Å². The molecule has 0 unspecified atom stereocenters. The van der Waals surface area contributed by atoms with Crippen molar-refractivity contribution < 1.29 is 17.9 Å². The van der Waals surface area contributed by atoms with Crippen LogP contribution in [0.3, 0.4) is 0 Å². The second-order valence-corrected chi connectivity index (χ2v) is 7.02. The van der Waals surface area contributed by atoms with Gasteiger partial charge in [-0.05, 0) is 49.2 Å². The lowest BCUT2D eigenvalue weighted by Gasteiger charge is -2.11. The van der Waals surface area contributed by atoms with Gasteiger partial charge in [-0.1, -0.05) is 6.07 Å². The van der Waals surface area contributed by atoms with Crippen molar-refractivity contribution in [3.8, 4) is 0 Å². The van der Waals surface area contributed by atoms with Crippen molar-refractivity contribution in [1.29, 1.82) is 0 Å². The summed E-state index contributed by atoms with van der Waals surface area (Å²) in [6.45, 7) is 0.592. The van der Waals surface area contributed by atoms with Gasteiger partial charge in [-0.25, -0.2) is 13.4 Å². The molecule has 8 heteroatoms. The Morgan fingerprint density at radius 1 is 1.17 bits per heavy atom. The highest BCUT2D eigenvalue weighted by Crippen LogP contribution is 2.19. The van der Waals surface area contributed by atoms with Crippen LogP contribution >= 0.6 is 0 Å². The highest BCUT2D eigenvalue weighted by molar-refractivity contribution is 7.92. The molecule has 1 aromatic carbocycles. The number of carbonyl (C=O) groups excluding carboxylic acids is 1. The van der Waals surface area contributed by atoms with Gasteiger partial charge in [0, 0.05) is 18.5 Å². The molecule has 0 radical (unpaired) electrons. The third-order valence-corrected chi connectivity index (χ3v) is 4.93. The van der Waals surface area contributed by atoms with Gasteiger partial charge in [0.1, 0.15) is 11.9 Å². The minimum atomic E-state index is -3.72. The van der Waals surface area contributed by atoms with Crippen LogP contribution in [0.25, 0.3) is 0 Å². The molecule has 0 saturated carbocycles. The molecule has 1 aromatic heterocycles. The molecular formula is C16H17N3O4S. The number of nitrogens with zero attached hydrogens (tertiary/aromatic N) is 1. The topological polar surface area (TPSA) is 97.4 Å². The molecule has 0 spiro atoms. The molecule has 1 aliphatic rings. The Bertz CT molecular complexity index is 801. The molecule has 126 valence electrons. The van der Waals surface area contributed by atoms with Crippen LogP contribution in [0.4, 0.5) is 11.5 Å². The summed E-state index contributed by atoms with van der Waals surface area (Å²) in [7, 11) is -3.72. The molecule has 2 aromatic rings. The van der Waals surface area contributed by atoms with Gasteiger partial charge in [0.25, 0.3) is 15.9 Å². The summed E-state index contributed by atoms with van der Waals surface area (Å²) in [5, 5.41) is 2.72. The van der Waals surface area contributed by atoms with E-state index in [9.17, 15) is 13.2 Å². The minimum absolute atomic E-state index is 0.0864. The molecule has 7 nitrogen and oxygen atoms in total. The molecule has 1 atom stereocenters. The third kappa shape index (κ3) is 3.90. The fourth-order valence-corrected chi connectivity index (χ4v) is 3.35. The Kier molecular flexibility index (Phi) is 4.77. The first kappa shape index (κ1) is 16.4. The Balaban J connectivity index is 1.68. The number of sulfonamides is 1. The smallest absolute Gasteiger partial charge is 0.263 e. The van der Waals surface area contributed by atoms with Gasteiger partial charge in [0.15, 0.2) is 0 Å². The van der Waals surface area contributed by atoms with Gasteiger partial charge >= 0.3 is 0 Å². The van der Waals surface area contributed by atoms with Crippen molar-refractivity contribution in [2.24, 2.45) is 0 Å². The van der Waals surface area contributed by atoms with E-state index >= 15 is 0 Å². The number of pyridine rings is 1. The lowest BCUT2D eigenvalue weighted by Crippen LogP contribution is -2.26. The molecule has 1 saturated heterocycles. The number of hydrogen-bond donors (Lipinski definition) is 2. The summed E-state index contributed by atoms with van der Waals surface area (Å²) < 4.78 is 32.3. The van der Waals surface area contributed by atoms with Crippen LogP contribution in [-0.4, -0.2) is 32.0 Å². The zero-order valence-electron chi connectivity index (χ0n) is 12.8. The Morgan fingerprint density at radius 3 is 2.58 bits per heavy atom. The average Bonchev–Trinajstić information content (AvgIpc) is 3.10. The third-order valence-electron chi connectivity index (χ3n) is 3.56. The van der Waals surface area contributed by atoms with Gasteiger partial charge in [-0.3, -0.25) is 9.52 Å². The van der Waals surface area contributed by atoms with Crippen LogP contribution < -0.4 is 10.0 Å². The van der Waals surface area contributed by atoms with E-state index in [4.69, 9.17) is 4.74 Å². The first-order chi connectivity index (χ1) is 11.5. The van der Waals surface area contributed by atoms with E-state index in [1.807, 2.05) is 0 Å². The SMILES string of the molecule is O=C(Nc1ccc(S(=O)(=O)Nc2ccccn2)cc1)[C@H]1CCCO1. The number of nitrogens with one attached hydrogen (secondary N) is 2. The first-order valence-electron chi connectivity index (χ1n) is 7.51. The Morgan fingerprint density at radius 2 is 1.96 bits per heavy atom. The molecule has 3 rings (SSSR count). The Labute approximate surface area is 140 Å². The number of hydrogen-bond acceptors (Lipinski definition) is 5. The van der Waals surface area contributed by atoms with Crippen LogP contribution in [0.1, 0.15) is 12.8 Å². The molecular weight excluding hydrogens is 330 g/mol. The maximum absolute atomic E-state index is 12.3. The highest BCUT2D eigenvalue weighted by atomic mass is 32.2. The number of amides is 1. The Hall–Kier alpha value is -2.45. The van der Waals surface area contributed by atoms with Gasteiger partial charge in [0.05, 0.1) is 4.90 Å². The molecule has 24 heavy (non-hydrogen) atoms. The average molecular weight is 347 g/mol. The second-order valence-electron chi connectivity index (χ2n) is 5.34. The lowest BCUT2D eigenvalue weighted by molar-refractivity contribution is -0.124. The molecule has 0 bridgehead atoms. The fourth-order valence-electron chi connectivity index (χ4n) is 2.34. The van der Waals surface area contributed by atoms with E-state index in [1.54, 1.807) is 30.3 Å². The predicted molar refractivity (Wildman–Crippen MR) is 89.1 cm³/mol. The summed E-state index contributed by atoms with van der Waals surface area (Å²) in [6.07, 6.45) is 2.64. The highest BCUT2D eigenvalue weighted by Gasteiger charge is 2.23. The zero-order chi connectivity index (χ0) is 17.0. The van der Waals surface area contributed by atoms with E-state index in [0.29, 0.717) is 18.7 Å². The number of aromatic nitrogens is 1. The van der Waals surface area contributed by atoms with Crippen molar-refractivity contribution in [2.45, 2.75) is 23.8 Å². The van der Waals surface area contributed by atoms with Gasteiger partial charge in [0.2, 0.25) is 0 Å². The van der Waals surface area contributed by atoms with E-state index in [1.165, 1.54) is 18.3 Å². The van der Waals surface area contributed by atoms with Crippen molar-refractivity contribution in [1.82, 2.24) is 4.98 Å². The van der Waals surface area contributed by atoms with Crippen molar-refractivity contribution in [3.63, 3.8) is 0 Å². The molecule has 1 amide bonds. The first-order valence-corrected chi connectivity index (χ1v) is 8.99. The number of carbonyl (C=O) groups is 1. The molecule has 0 aliphatic carbocycles. The summed E-state index contributed by atoms with van der Waals surface area (Å²) in [6, 6.07) is 10.9. The normalized spacial score (nSPS) is 17.4. The number of rotatable bonds is 5. The maximum Gasteiger partial charge on any atom is 0.263 e. The second kappa shape index (κ2) is 6.98. The molecule has 1 aliphatic heterocycles. The lowest BCUT2D eigenvalue weighted by atomic mass is 10.2. The van der Waals surface area contributed by atoms with Crippen LogP contribution in [0.5, 0.6) is 0 Å². The van der Waals surface area contributed by atoms with Crippen LogP contribution in [0.15, 0.2) is 53.6 Å². The molecule has 1 fully saturated rings. The number of benzene rings is 1. The zero-order valence-corrected chi connectivity index (χ0v) is 13.6. The number of anilines is 2. The monoisotopic (exact) mass is 347 g/mol. The van der Waals surface area contributed by atoms with Crippen molar-refractivity contribution in [2.75, 3.05) is 16.6 Å². The van der Waals surface area contributed by atoms with E-state index in [-0.39, 0.29) is 16.6 Å². The van der Waals surface area contributed by atoms with E-state index in [0.717, 1.165) is 6.42 Å². The number of ether oxygens (including phenoxy) is 1.